The maximum absolute atomic E-state index is 13.2. The van der Waals surface area contributed by atoms with Crippen LogP contribution in [0.4, 0.5) is 5.69 Å². The fourth-order valence-corrected chi connectivity index (χ4v) is 5.76. The van der Waals surface area contributed by atoms with Crippen molar-refractivity contribution in [2.24, 2.45) is 5.92 Å². The van der Waals surface area contributed by atoms with Gasteiger partial charge < -0.3 is 15.1 Å². The number of nitrogens with zero attached hydrogens (tertiary/aromatic N) is 3. The van der Waals surface area contributed by atoms with E-state index < -0.39 is 10.0 Å². The lowest BCUT2D eigenvalue weighted by atomic mass is 9.96. The van der Waals surface area contributed by atoms with Gasteiger partial charge in [-0.25, -0.2) is 8.42 Å². The number of sulfonamides is 1. The number of carbonyl (C=O) groups excluding carboxylic acids is 2. The van der Waals surface area contributed by atoms with Gasteiger partial charge in [-0.05, 0) is 50.2 Å². The molecule has 2 saturated heterocycles. The maximum atomic E-state index is 13.2. The van der Waals surface area contributed by atoms with E-state index in [2.05, 4.69) is 10.2 Å². The SMILES string of the molecule is CN1CCN(S(=O)(=O)c2cccc(C(=O)N3CCCC(C(=O)Nc4ccccc4)C3)c2)CC1. The van der Waals surface area contributed by atoms with E-state index in [1.165, 1.54) is 16.4 Å². The lowest BCUT2D eigenvalue weighted by Gasteiger charge is -2.33. The Hall–Kier alpha value is -2.75. The van der Waals surface area contributed by atoms with Crippen LogP contribution in [0.5, 0.6) is 0 Å². The zero-order valence-corrected chi connectivity index (χ0v) is 19.6. The van der Waals surface area contributed by atoms with Gasteiger partial charge in [0.05, 0.1) is 10.8 Å². The molecule has 9 heteroatoms. The molecule has 2 heterocycles. The highest BCUT2D eigenvalue weighted by atomic mass is 32.2. The molecule has 0 aromatic heterocycles. The lowest BCUT2D eigenvalue weighted by Crippen LogP contribution is -2.47. The third-order valence-corrected chi connectivity index (χ3v) is 8.20. The maximum Gasteiger partial charge on any atom is 0.253 e. The van der Waals surface area contributed by atoms with Gasteiger partial charge >= 0.3 is 0 Å². The van der Waals surface area contributed by atoms with Crippen LogP contribution in [0.25, 0.3) is 0 Å². The Morgan fingerprint density at radius 3 is 2.39 bits per heavy atom. The number of likely N-dealkylation sites (tertiary alicyclic amines) is 1. The number of hydrogen-bond acceptors (Lipinski definition) is 5. The van der Waals surface area contributed by atoms with Crippen molar-refractivity contribution < 1.29 is 18.0 Å². The van der Waals surface area contributed by atoms with Crippen LogP contribution in [0.2, 0.25) is 0 Å². The summed E-state index contributed by atoms with van der Waals surface area (Å²) in [4.78, 5) is 29.8. The smallest absolute Gasteiger partial charge is 0.253 e. The Bertz CT molecular complexity index is 1100. The zero-order chi connectivity index (χ0) is 23.4. The summed E-state index contributed by atoms with van der Waals surface area (Å²) in [5, 5.41) is 2.91. The molecule has 8 nitrogen and oxygen atoms in total. The largest absolute Gasteiger partial charge is 0.338 e. The molecule has 2 aliphatic heterocycles. The van der Waals surface area contributed by atoms with Gasteiger partial charge in [0, 0.05) is 50.5 Å². The summed E-state index contributed by atoms with van der Waals surface area (Å²) < 4.78 is 27.7. The van der Waals surface area contributed by atoms with E-state index in [0.29, 0.717) is 51.3 Å². The van der Waals surface area contributed by atoms with E-state index in [1.54, 1.807) is 17.0 Å². The third kappa shape index (κ3) is 5.43. The summed E-state index contributed by atoms with van der Waals surface area (Å²) in [7, 11) is -1.69. The minimum absolute atomic E-state index is 0.106. The highest BCUT2D eigenvalue weighted by Gasteiger charge is 2.31. The predicted octanol–water partition coefficient (Wildman–Crippen LogP) is 2.11. The van der Waals surface area contributed by atoms with Gasteiger partial charge in [-0.3, -0.25) is 9.59 Å². The molecule has 0 aliphatic carbocycles. The third-order valence-electron chi connectivity index (χ3n) is 6.30. The molecule has 0 saturated carbocycles. The number of likely N-dealkylation sites (N-methyl/N-ethyl adjacent to an activating group) is 1. The normalized spacial score (nSPS) is 20.4. The molecule has 2 fully saturated rings. The molecule has 2 amide bonds. The second kappa shape index (κ2) is 10.0. The van der Waals surface area contributed by atoms with Gasteiger partial charge in [0.15, 0.2) is 0 Å². The average molecular weight is 471 g/mol. The monoisotopic (exact) mass is 470 g/mol. The van der Waals surface area contributed by atoms with Crippen molar-refractivity contribution in [3.05, 3.63) is 60.2 Å². The first kappa shape index (κ1) is 23.4. The molecule has 2 aromatic rings. The predicted molar refractivity (Wildman–Crippen MR) is 126 cm³/mol. The van der Waals surface area contributed by atoms with Crippen LogP contribution in [0.3, 0.4) is 0 Å². The van der Waals surface area contributed by atoms with E-state index in [-0.39, 0.29) is 22.6 Å². The number of carbonyl (C=O) groups is 2. The molecule has 33 heavy (non-hydrogen) atoms. The lowest BCUT2D eigenvalue weighted by molar-refractivity contribution is -0.121. The summed E-state index contributed by atoms with van der Waals surface area (Å²) in [5.74, 6) is -0.659. The molecule has 4 rings (SSSR count). The van der Waals surface area contributed by atoms with Gasteiger partial charge in [0.2, 0.25) is 15.9 Å². The van der Waals surface area contributed by atoms with Crippen molar-refractivity contribution in [1.82, 2.24) is 14.1 Å². The van der Waals surface area contributed by atoms with Crippen molar-refractivity contribution in [2.45, 2.75) is 17.7 Å². The average Bonchev–Trinajstić information content (AvgIpc) is 2.84. The standard InChI is InChI=1S/C24H30N4O4S/c1-26-13-15-28(16-14-26)33(31,32)22-11-5-7-19(17-22)24(30)27-12-6-8-20(18-27)23(29)25-21-9-3-2-4-10-21/h2-5,7,9-11,17,20H,6,8,12-16,18H2,1H3,(H,25,29). The van der Waals surface area contributed by atoms with Gasteiger partial charge in [0.1, 0.15) is 0 Å². The van der Waals surface area contributed by atoms with Gasteiger partial charge in [0.25, 0.3) is 5.91 Å². The molecule has 0 spiro atoms. The molecular weight excluding hydrogens is 440 g/mol. The minimum Gasteiger partial charge on any atom is -0.338 e. The number of piperidine rings is 1. The number of benzene rings is 2. The quantitative estimate of drug-likeness (QED) is 0.723. The highest BCUT2D eigenvalue weighted by Crippen LogP contribution is 2.23. The number of piperazine rings is 1. The molecule has 0 radical (unpaired) electrons. The Balaban J connectivity index is 1.45. The summed E-state index contributed by atoms with van der Waals surface area (Å²) in [5.41, 5.74) is 1.06. The number of amides is 2. The van der Waals surface area contributed by atoms with E-state index in [9.17, 15) is 18.0 Å². The number of hydrogen-bond donors (Lipinski definition) is 1. The van der Waals surface area contributed by atoms with Crippen LogP contribution >= 0.6 is 0 Å². The summed E-state index contributed by atoms with van der Waals surface area (Å²) in [6.45, 7) is 3.08. The van der Waals surface area contributed by atoms with Crippen molar-refractivity contribution in [2.75, 3.05) is 51.6 Å². The Morgan fingerprint density at radius 1 is 0.939 bits per heavy atom. The van der Waals surface area contributed by atoms with Crippen molar-refractivity contribution in [3.8, 4) is 0 Å². The van der Waals surface area contributed by atoms with Crippen molar-refractivity contribution in [1.29, 1.82) is 0 Å². The fourth-order valence-electron chi connectivity index (χ4n) is 4.29. The summed E-state index contributed by atoms with van der Waals surface area (Å²) in [6.07, 6.45) is 1.43. The highest BCUT2D eigenvalue weighted by molar-refractivity contribution is 7.89. The van der Waals surface area contributed by atoms with E-state index >= 15 is 0 Å². The molecule has 2 aromatic carbocycles. The molecular formula is C24H30N4O4S. The first-order valence-corrected chi connectivity index (χ1v) is 12.7. The van der Waals surface area contributed by atoms with Crippen molar-refractivity contribution in [3.63, 3.8) is 0 Å². The first-order chi connectivity index (χ1) is 15.8. The van der Waals surface area contributed by atoms with Crippen LogP contribution in [-0.4, -0.2) is 80.7 Å². The minimum atomic E-state index is -3.66. The Labute approximate surface area is 195 Å². The first-order valence-electron chi connectivity index (χ1n) is 11.3. The van der Waals surface area contributed by atoms with E-state index in [0.717, 1.165) is 12.1 Å². The number of para-hydroxylation sites is 1. The van der Waals surface area contributed by atoms with Crippen LogP contribution in [0.1, 0.15) is 23.2 Å². The molecule has 176 valence electrons. The second-order valence-corrected chi connectivity index (χ2v) is 10.6. The van der Waals surface area contributed by atoms with Gasteiger partial charge in [-0.15, -0.1) is 0 Å². The molecule has 1 unspecified atom stereocenters. The van der Waals surface area contributed by atoms with Gasteiger partial charge in [-0.2, -0.15) is 4.31 Å². The number of rotatable bonds is 5. The van der Waals surface area contributed by atoms with Crippen LogP contribution in [0, 0.1) is 5.92 Å². The molecule has 0 bridgehead atoms. The van der Waals surface area contributed by atoms with E-state index in [4.69, 9.17) is 0 Å². The fraction of sp³-hybridized carbons (Fsp3) is 0.417. The Kier molecular flexibility index (Phi) is 7.11. The zero-order valence-electron chi connectivity index (χ0n) is 18.8. The topological polar surface area (TPSA) is 90.0 Å². The summed E-state index contributed by atoms with van der Waals surface area (Å²) >= 11 is 0. The number of nitrogens with one attached hydrogen (secondary N) is 1. The molecule has 2 aliphatic rings. The van der Waals surface area contributed by atoms with Crippen LogP contribution in [-0.2, 0) is 14.8 Å². The van der Waals surface area contributed by atoms with E-state index in [1.807, 2.05) is 37.4 Å². The second-order valence-electron chi connectivity index (χ2n) is 8.68. The molecule has 1 atom stereocenters. The summed E-state index contributed by atoms with van der Waals surface area (Å²) in [6, 6.07) is 15.5. The van der Waals surface area contributed by atoms with Gasteiger partial charge in [-0.1, -0.05) is 24.3 Å². The van der Waals surface area contributed by atoms with Crippen LogP contribution in [0.15, 0.2) is 59.5 Å². The van der Waals surface area contributed by atoms with Crippen LogP contribution < -0.4 is 5.32 Å². The Morgan fingerprint density at radius 2 is 1.67 bits per heavy atom. The van der Waals surface area contributed by atoms with Crippen molar-refractivity contribution >= 4 is 27.5 Å². The number of anilines is 1. The molecule has 1 N–H and O–H groups in total.